The van der Waals surface area contributed by atoms with Gasteiger partial charge in [-0.1, -0.05) is 36.4 Å². The molecule has 2 aromatic rings. The van der Waals surface area contributed by atoms with E-state index in [1.54, 1.807) is 14.2 Å². The number of rotatable bonds is 4. The van der Waals surface area contributed by atoms with Crippen LogP contribution in [0.3, 0.4) is 0 Å². The van der Waals surface area contributed by atoms with Crippen molar-refractivity contribution in [1.29, 1.82) is 0 Å². The summed E-state index contributed by atoms with van der Waals surface area (Å²) in [6.45, 7) is 0.436. The van der Waals surface area contributed by atoms with E-state index in [1.807, 2.05) is 30.3 Å². The van der Waals surface area contributed by atoms with Crippen LogP contribution in [-0.4, -0.2) is 20.8 Å². The summed E-state index contributed by atoms with van der Waals surface area (Å²) >= 11 is 0. The molecule has 116 valence electrons. The molecule has 2 atom stereocenters. The van der Waals surface area contributed by atoms with Crippen molar-refractivity contribution in [1.82, 2.24) is 0 Å². The molecule has 2 unspecified atom stereocenters. The molecule has 0 radical (unpaired) electrons. The van der Waals surface area contributed by atoms with E-state index in [2.05, 4.69) is 12.1 Å². The van der Waals surface area contributed by atoms with Crippen LogP contribution in [0.25, 0.3) is 0 Å². The molecule has 4 heteroatoms. The minimum Gasteiger partial charge on any atom is -0.493 e. The van der Waals surface area contributed by atoms with Gasteiger partial charge in [-0.2, -0.15) is 0 Å². The predicted octanol–water partition coefficient (Wildman–Crippen LogP) is 3.02. The zero-order chi connectivity index (χ0) is 15.5. The van der Waals surface area contributed by atoms with Crippen molar-refractivity contribution in [3.63, 3.8) is 0 Å². The predicted molar refractivity (Wildman–Crippen MR) is 85.3 cm³/mol. The van der Waals surface area contributed by atoms with Gasteiger partial charge in [-0.05, 0) is 17.2 Å². The third-order valence-electron chi connectivity index (χ3n) is 4.14. The van der Waals surface area contributed by atoms with E-state index in [1.165, 1.54) is 0 Å². The number of hydrogen-bond donors (Lipinski definition) is 1. The minimum absolute atomic E-state index is 0.0248. The van der Waals surface area contributed by atoms with Crippen molar-refractivity contribution in [2.75, 3.05) is 20.8 Å². The molecular weight excluding hydrogens is 278 g/mol. The molecule has 0 amide bonds. The van der Waals surface area contributed by atoms with Crippen LogP contribution in [0.5, 0.6) is 11.5 Å². The number of nitrogens with two attached hydrogens (primary N) is 1. The van der Waals surface area contributed by atoms with Gasteiger partial charge in [0.05, 0.1) is 26.4 Å². The van der Waals surface area contributed by atoms with Gasteiger partial charge < -0.3 is 19.9 Å². The molecular formula is C18H21NO3. The second kappa shape index (κ2) is 6.38. The highest BCUT2D eigenvalue weighted by Crippen LogP contribution is 2.44. The Morgan fingerprint density at radius 1 is 1.09 bits per heavy atom. The van der Waals surface area contributed by atoms with Crippen molar-refractivity contribution >= 4 is 0 Å². The molecule has 22 heavy (non-hydrogen) atoms. The lowest BCUT2D eigenvalue weighted by Gasteiger charge is -2.33. The van der Waals surface area contributed by atoms with Gasteiger partial charge >= 0.3 is 0 Å². The van der Waals surface area contributed by atoms with E-state index in [4.69, 9.17) is 19.9 Å². The van der Waals surface area contributed by atoms with Crippen molar-refractivity contribution in [3.8, 4) is 11.5 Å². The van der Waals surface area contributed by atoms with E-state index >= 15 is 0 Å². The molecule has 2 aromatic carbocycles. The highest BCUT2D eigenvalue weighted by Gasteiger charge is 2.31. The number of hydrogen-bond acceptors (Lipinski definition) is 4. The summed E-state index contributed by atoms with van der Waals surface area (Å²) in [4.78, 5) is 0. The molecule has 4 nitrogen and oxygen atoms in total. The SMILES string of the molecule is COc1ccc2c(c1OC)CC(c1ccccc1)OC2CN. The average molecular weight is 299 g/mol. The Morgan fingerprint density at radius 3 is 2.50 bits per heavy atom. The van der Waals surface area contributed by atoms with Gasteiger partial charge in [-0.25, -0.2) is 0 Å². The van der Waals surface area contributed by atoms with E-state index in [-0.39, 0.29) is 12.2 Å². The lowest BCUT2D eigenvalue weighted by atomic mass is 9.90. The quantitative estimate of drug-likeness (QED) is 0.943. The summed E-state index contributed by atoms with van der Waals surface area (Å²) in [5.74, 6) is 1.52. The van der Waals surface area contributed by atoms with Crippen molar-refractivity contribution in [3.05, 3.63) is 59.2 Å². The maximum absolute atomic E-state index is 6.20. The summed E-state index contributed by atoms with van der Waals surface area (Å²) in [7, 11) is 3.32. The fourth-order valence-electron chi connectivity index (χ4n) is 3.07. The van der Waals surface area contributed by atoms with Crippen molar-refractivity contribution in [2.45, 2.75) is 18.6 Å². The summed E-state index contributed by atoms with van der Waals surface area (Å²) in [5, 5.41) is 0. The fraction of sp³-hybridized carbons (Fsp3) is 0.333. The third kappa shape index (κ3) is 2.56. The highest BCUT2D eigenvalue weighted by atomic mass is 16.5. The molecule has 0 saturated heterocycles. The van der Waals surface area contributed by atoms with Crippen LogP contribution in [0.1, 0.15) is 28.9 Å². The Hall–Kier alpha value is -2.04. The van der Waals surface area contributed by atoms with Gasteiger partial charge in [0.2, 0.25) is 0 Å². The third-order valence-corrected chi connectivity index (χ3v) is 4.14. The topological polar surface area (TPSA) is 53.7 Å². The maximum Gasteiger partial charge on any atom is 0.164 e. The molecule has 0 bridgehead atoms. The molecule has 0 spiro atoms. The van der Waals surface area contributed by atoms with Crippen LogP contribution in [0.15, 0.2) is 42.5 Å². The Kier molecular flexibility index (Phi) is 4.32. The van der Waals surface area contributed by atoms with Gasteiger partial charge in [0.25, 0.3) is 0 Å². The average Bonchev–Trinajstić information content (AvgIpc) is 2.60. The van der Waals surface area contributed by atoms with Gasteiger partial charge in [0, 0.05) is 18.5 Å². The van der Waals surface area contributed by atoms with Crippen LogP contribution < -0.4 is 15.2 Å². The van der Waals surface area contributed by atoms with E-state index in [0.717, 1.165) is 34.6 Å². The lowest BCUT2D eigenvalue weighted by Crippen LogP contribution is -2.26. The molecule has 1 aliphatic heterocycles. The van der Waals surface area contributed by atoms with E-state index in [0.29, 0.717) is 6.54 Å². The van der Waals surface area contributed by atoms with E-state index < -0.39 is 0 Å². The summed E-state index contributed by atoms with van der Waals surface area (Å²) in [6, 6.07) is 14.1. The van der Waals surface area contributed by atoms with Crippen LogP contribution >= 0.6 is 0 Å². The first-order chi connectivity index (χ1) is 10.8. The summed E-state index contributed by atoms with van der Waals surface area (Å²) in [6.07, 6.45) is 0.591. The molecule has 0 saturated carbocycles. The Balaban J connectivity index is 2.06. The lowest BCUT2D eigenvalue weighted by molar-refractivity contribution is -0.0230. The molecule has 1 aliphatic rings. The minimum atomic E-state index is -0.131. The first kappa shape index (κ1) is 14.9. The van der Waals surface area contributed by atoms with Crippen LogP contribution in [0, 0.1) is 0 Å². The molecule has 0 aromatic heterocycles. The molecule has 0 aliphatic carbocycles. The normalized spacial score (nSPS) is 20.3. The fourth-order valence-corrected chi connectivity index (χ4v) is 3.07. The molecule has 1 heterocycles. The van der Waals surface area contributed by atoms with Crippen LogP contribution in [0.4, 0.5) is 0 Å². The summed E-state index contributed by atoms with van der Waals surface area (Å²) in [5.41, 5.74) is 9.29. The van der Waals surface area contributed by atoms with Crippen LogP contribution in [-0.2, 0) is 11.2 Å². The molecule has 2 N–H and O–H groups in total. The number of methoxy groups -OCH3 is 2. The van der Waals surface area contributed by atoms with Crippen LogP contribution in [0.2, 0.25) is 0 Å². The van der Waals surface area contributed by atoms with Gasteiger partial charge in [-0.15, -0.1) is 0 Å². The van der Waals surface area contributed by atoms with Crippen molar-refractivity contribution in [2.24, 2.45) is 5.73 Å². The standard InChI is InChI=1S/C18H21NO3/c1-20-15-9-8-13-14(18(15)21-2)10-16(22-17(13)11-19)12-6-4-3-5-7-12/h3-9,16-17H,10-11,19H2,1-2H3. The second-order valence-corrected chi connectivity index (χ2v) is 5.33. The zero-order valence-corrected chi connectivity index (χ0v) is 12.9. The largest absolute Gasteiger partial charge is 0.493 e. The van der Waals surface area contributed by atoms with Gasteiger partial charge in [0.1, 0.15) is 0 Å². The van der Waals surface area contributed by atoms with Gasteiger partial charge in [-0.3, -0.25) is 0 Å². The zero-order valence-electron chi connectivity index (χ0n) is 12.9. The summed E-state index contributed by atoms with van der Waals surface area (Å²) < 4.78 is 17.2. The first-order valence-electron chi connectivity index (χ1n) is 7.42. The first-order valence-corrected chi connectivity index (χ1v) is 7.42. The van der Waals surface area contributed by atoms with Gasteiger partial charge in [0.15, 0.2) is 11.5 Å². The monoisotopic (exact) mass is 299 g/mol. The molecule has 0 fully saturated rings. The maximum atomic E-state index is 6.20. The smallest absolute Gasteiger partial charge is 0.164 e. The van der Waals surface area contributed by atoms with E-state index in [9.17, 15) is 0 Å². The number of ether oxygens (including phenoxy) is 3. The highest BCUT2D eigenvalue weighted by molar-refractivity contribution is 5.53. The Morgan fingerprint density at radius 2 is 1.86 bits per heavy atom. The Bertz CT molecular complexity index is 642. The number of fused-ring (bicyclic) bond motifs is 1. The molecule has 3 rings (SSSR count). The number of benzene rings is 2. The Labute approximate surface area is 130 Å². The van der Waals surface area contributed by atoms with Crippen molar-refractivity contribution < 1.29 is 14.2 Å². The second-order valence-electron chi connectivity index (χ2n) is 5.33.